The van der Waals surface area contributed by atoms with E-state index in [-0.39, 0.29) is 5.83 Å². The summed E-state index contributed by atoms with van der Waals surface area (Å²) >= 11 is 0. The summed E-state index contributed by atoms with van der Waals surface area (Å²) in [6, 6.07) is 27.2. The van der Waals surface area contributed by atoms with Gasteiger partial charge in [0.15, 0.2) is 0 Å². The Morgan fingerprint density at radius 1 is 0.750 bits per heavy atom. The minimum Gasteiger partial charge on any atom is -0.207 e. The van der Waals surface area contributed by atoms with Crippen LogP contribution in [0.2, 0.25) is 0 Å². The Morgan fingerprint density at radius 3 is 2.00 bits per heavy atom. The Balaban J connectivity index is 1.67. The molecule has 0 bridgehead atoms. The lowest BCUT2D eigenvalue weighted by molar-refractivity contribution is 0.757. The van der Waals surface area contributed by atoms with E-state index in [4.69, 9.17) is 0 Å². The first-order valence-corrected chi connectivity index (χ1v) is 7.88. The molecule has 0 nitrogen and oxygen atoms in total. The van der Waals surface area contributed by atoms with Crippen LogP contribution in [0.5, 0.6) is 0 Å². The van der Waals surface area contributed by atoms with E-state index < -0.39 is 0 Å². The molecule has 0 aliphatic carbocycles. The monoisotopic (exact) mass is 312 g/mol. The van der Waals surface area contributed by atoms with Crippen LogP contribution >= 0.6 is 0 Å². The van der Waals surface area contributed by atoms with Gasteiger partial charge in [-0.3, -0.25) is 0 Å². The molecule has 0 atom stereocenters. The lowest BCUT2D eigenvalue weighted by atomic mass is 10.0. The second-order valence-electron chi connectivity index (χ2n) is 5.37. The normalized spacial score (nSPS) is 10.8. The molecule has 0 saturated carbocycles. The molecule has 3 rings (SSSR count). The van der Waals surface area contributed by atoms with E-state index in [1.54, 1.807) is 12.1 Å². The van der Waals surface area contributed by atoms with Crippen LogP contribution in [0, 0.1) is 11.8 Å². The maximum absolute atomic E-state index is 14.2. The average Bonchev–Trinajstić information content (AvgIpc) is 2.67. The van der Waals surface area contributed by atoms with E-state index in [0.29, 0.717) is 12.0 Å². The molecule has 0 aromatic heterocycles. The van der Waals surface area contributed by atoms with Gasteiger partial charge in [0.25, 0.3) is 0 Å². The summed E-state index contributed by atoms with van der Waals surface area (Å²) in [5, 5.41) is 0. The fourth-order valence-corrected chi connectivity index (χ4v) is 2.39. The predicted molar refractivity (Wildman–Crippen MR) is 98.9 cm³/mol. The van der Waals surface area contributed by atoms with Crippen LogP contribution in [0.25, 0.3) is 17.0 Å². The van der Waals surface area contributed by atoms with Crippen molar-refractivity contribution < 1.29 is 4.39 Å². The van der Waals surface area contributed by atoms with Gasteiger partial charge in [0.1, 0.15) is 5.83 Å². The molecule has 0 saturated heterocycles. The Bertz CT molecular complexity index is 864. The van der Waals surface area contributed by atoms with Gasteiger partial charge in [-0.1, -0.05) is 84.6 Å². The highest BCUT2D eigenvalue weighted by molar-refractivity contribution is 5.67. The summed E-state index contributed by atoms with van der Waals surface area (Å²) in [6.07, 6.45) is 1.91. The van der Waals surface area contributed by atoms with E-state index in [0.717, 1.165) is 16.7 Å². The highest BCUT2D eigenvalue weighted by Crippen LogP contribution is 2.23. The molecule has 3 aromatic carbocycles. The SMILES string of the molecule is FC(=CCC#Cc1ccccc1)c1ccc(-c2ccccc2)cc1. The summed E-state index contributed by atoms with van der Waals surface area (Å²) in [6.45, 7) is 0. The Labute approximate surface area is 142 Å². The van der Waals surface area contributed by atoms with E-state index >= 15 is 0 Å². The third-order valence-corrected chi connectivity index (χ3v) is 3.66. The molecule has 24 heavy (non-hydrogen) atoms. The van der Waals surface area contributed by atoms with Gasteiger partial charge in [-0.05, 0) is 29.3 Å². The zero-order chi connectivity index (χ0) is 16.6. The lowest BCUT2D eigenvalue weighted by Gasteiger charge is -2.03. The van der Waals surface area contributed by atoms with Crippen LogP contribution in [-0.4, -0.2) is 0 Å². The van der Waals surface area contributed by atoms with Crippen LogP contribution in [0.1, 0.15) is 17.5 Å². The molecule has 116 valence electrons. The maximum atomic E-state index is 14.2. The second-order valence-corrected chi connectivity index (χ2v) is 5.37. The molecule has 0 amide bonds. The van der Waals surface area contributed by atoms with Gasteiger partial charge >= 0.3 is 0 Å². The molecule has 0 heterocycles. The summed E-state index contributed by atoms with van der Waals surface area (Å²) in [4.78, 5) is 0. The molecule has 3 aromatic rings. The number of allylic oxidation sites excluding steroid dienone is 1. The number of halogens is 1. The average molecular weight is 312 g/mol. The van der Waals surface area contributed by atoms with Crippen LogP contribution in [-0.2, 0) is 0 Å². The van der Waals surface area contributed by atoms with E-state index in [9.17, 15) is 4.39 Å². The van der Waals surface area contributed by atoms with Crippen molar-refractivity contribution in [3.63, 3.8) is 0 Å². The van der Waals surface area contributed by atoms with Gasteiger partial charge in [0.2, 0.25) is 0 Å². The van der Waals surface area contributed by atoms with Crippen molar-refractivity contribution in [3.05, 3.63) is 102 Å². The van der Waals surface area contributed by atoms with Crippen LogP contribution in [0.3, 0.4) is 0 Å². The summed E-state index contributed by atoms with van der Waals surface area (Å²) in [5.74, 6) is 5.76. The fraction of sp³-hybridized carbons (Fsp3) is 0.0435. The summed E-state index contributed by atoms with van der Waals surface area (Å²) < 4.78 is 14.2. The lowest BCUT2D eigenvalue weighted by Crippen LogP contribution is -1.81. The van der Waals surface area contributed by atoms with Crippen LogP contribution in [0.4, 0.5) is 4.39 Å². The van der Waals surface area contributed by atoms with Gasteiger partial charge < -0.3 is 0 Å². The van der Waals surface area contributed by atoms with Gasteiger partial charge in [0, 0.05) is 17.5 Å². The van der Waals surface area contributed by atoms with Crippen molar-refractivity contribution in [2.45, 2.75) is 6.42 Å². The second kappa shape index (κ2) is 7.94. The molecule has 0 aliphatic rings. The number of benzene rings is 3. The topological polar surface area (TPSA) is 0 Å². The van der Waals surface area contributed by atoms with Crippen LogP contribution < -0.4 is 0 Å². The van der Waals surface area contributed by atoms with E-state index in [1.807, 2.05) is 72.8 Å². The van der Waals surface area contributed by atoms with Gasteiger partial charge in [0.05, 0.1) is 0 Å². The van der Waals surface area contributed by atoms with E-state index in [1.165, 1.54) is 6.08 Å². The quantitative estimate of drug-likeness (QED) is 0.512. The van der Waals surface area contributed by atoms with Crippen molar-refractivity contribution >= 4 is 5.83 Å². The smallest absolute Gasteiger partial charge is 0.127 e. The molecular formula is C23H17F. The molecule has 0 fully saturated rings. The molecule has 0 unspecified atom stereocenters. The number of hydrogen-bond donors (Lipinski definition) is 0. The van der Waals surface area contributed by atoms with Gasteiger partial charge in [-0.2, -0.15) is 0 Å². The van der Waals surface area contributed by atoms with E-state index in [2.05, 4.69) is 11.8 Å². The van der Waals surface area contributed by atoms with Crippen molar-refractivity contribution in [3.8, 4) is 23.0 Å². The Hall–Kier alpha value is -3.11. The van der Waals surface area contributed by atoms with Crippen molar-refractivity contribution in [1.29, 1.82) is 0 Å². The largest absolute Gasteiger partial charge is 0.207 e. The standard InChI is InChI=1S/C23H17F/c24-23(14-8-7-11-19-9-3-1-4-10-19)22-17-15-21(16-18-22)20-12-5-2-6-13-20/h1-6,9-10,12-18H,8H2. The third kappa shape index (κ3) is 4.21. The van der Waals surface area contributed by atoms with Crippen LogP contribution in [0.15, 0.2) is 91.0 Å². The van der Waals surface area contributed by atoms with Crippen molar-refractivity contribution in [2.24, 2.45) is 0 Å². The predicted octanol–water partition coefficient (Wildman–Crippen LogP) is 6.11. The van der Waals surface area contributed by atoms with Gasteiger partial charge in [-0.15, -0.1) is 0 Å². The fourth-order valence-electron chi connectivity index (χ4n) is 2.39. The highest BCUT2D eigenvalue weighted by Gasteiger charge is 2.01. The summed E-state index contributed by atoms with van der Waals surface area (Å²) in [7, 11) is 0. The number of rotatable bonds is 3. The maximum Gasteiger partial charge on any atom is 0.127 e. The summed E-state index contributed by atoms with van der Waals surface area (Å²) in [5.41, 5.74) is 3.73. The minimum atomic E-state index is -0.239. The first-order valence-electron chi connectivity index (χ1n) is 7.88. The Morgan fingerprint density at radius 2 is 1.33 bits per heavy atom. The zero-order valence-electron chi connectivity index (χ0n) is 13.2. The first-order chi connectivity index (χ1) is 11.8. The molecule has 1 heteroatoms. The molecular weight excluding hydrogens is 295 g/mol. The Kier molecular flexibility index (Phi) is 5.22. The zero-order valence-corrected chi connectivity index (χ0v) is 13.2. The minimum absolute atomic E-state index is 0.239. The molecule has 0 radical (unpaired) electrons. The first kappa shape index (κ1) is 15.8. The van der Waals surface area contributed by atoms with Crippen molar-refractivity contribution in [2.75, 3.05) is 0 Å². The number of hydrogen-bond acceptors (Lipinski definition) is 0. The highest BCUT2D eigenvalue weighted by atomic mass is 19.1. The van der Waals surface area contributed by atoms with Crippen molar-refractivity contribution in [1.82, 2.24) is 0 Å². The van der Waals surface area contributed by atoms with Gasteiger partial charge in [-0.25, -0.2) is 4.39 Å². The molecule has 0 aliphatic heterocycles. The third-order valence-electron chi connectivity index (χ3n) is 3.66. The molecule has 0 N–H and O–H groups in total. The molecule has 0 spiro atoms.